The molecule has 0 saturated carbocycles. The molecule has 1 nitrogen and oxygen atoms in total. The second-order valence-corrected chi connectivity index (χ2v) is 6.84. The first-order valence-electron chi connectivity index (χ1n) is 8.65. The third kappa shape index (κ3) is 11.4. The van der Waals surface area contributed by atoms with Crippen molar-refractivity contribution < 1.29 is 16.9 Å². The summed E-state index contributed by atoms with van der Waals surface area (Å²) in [6.45, 7) is 12.7. The highest BCUT2D eigenvalue weighted by atomic mass is 79.9. The summed E-state index contributed by atoms with van der Waals surface area (Å²) in [6.07, 6.45) is 12.4. The molecule has 0 unspecified atom stereocenters. The summed E-state index contributed by atoms with van der Waals surface area (Å²) in [5, 5.41) is 1.17. The average Bonchev–Trinajstić information content (AvgIpc) is 2.43. The number of halogens is 2. The lowest BCUT2D eigenvalue weighted by molar-refractivity contribution is -0.929. The van der Waals surface area contributed by atoms with E-state index >= 15 is 0 Å². The molecule has 0 N–H and O–H groups in total. The molecule has 0 radical (unpaired) electrons. The molecule has 0 aliphatic heterocycles. The molecule has 0 aromatic rings. The molecule has 0 amide bonds. The first-order valence-corrected chi connectivity index (χ1v) is 9.77. The van der Waals surface area contributed by atoms with Gasteiger partial charge >= 0.3 is 0 Å². The number of hydrogen-bond donors (Lipinski definition) is 0. The Bertz CT molecular complexity index is 168. The summed E-state index contributed by atoms with van der Waals surface area (Å²) in [5.74, 6) is 0. The van der Waals surface area contributed by atoms with Gasteiger partial charge in [0.05, 0.1) is 26.2 Å². The first-order chi connectivity index (χ1) is 9.24. The second kappa shape index (κ2) is 16.1. The molecule has 0 spiro atoms. The summed E-state index contributed by atoms with van der Waals surface area (Å²) in [6, 6.07) is 0. The largest absolute Gasteiger partial charge is 1.00 e. The van der Waals surface area contributed by atoms with Gasteiger partial charge in [-0.3, -0.25) is 0 Å². The van der Waals surface area contributed by atoms with Crippen LogP contribution < -0.4 is 12.4 Å². The summed E-state index contributed by atoms with van der Waals surface area (Å²) >= 11 is 3.58. The summed E-state index contributed by atoms with van der Waals surface area (Å²) in [7, 11) is 0. The third-order valence-electron chi connectivity index (χ3n) is 4.22. The van der Waals surface area contributed by atoms with E-state index in [1.165, 1.54) is 93.8 Å². The van der Waals surface area contributed by atoms with E-state index in [9.17, 15) is 0 Å². The van der Waals surface area contributed by atoms with Crippen LogP contribution in [0.1, 0.15) is 78.6 Å². The van der Waals surface area contributed by atoms with Crippen LogP contribution in [-0.4, -0.2) is 36.0 Å². The molecule has 0 aromatic carbocycles. The Balaban J connectivity index is 0. The molecule has 0 aliphatic rings. The van der Waals surface area contributed by atoms with Gasteiger partial charge in [0.15, 0.2) is 0 Å². The molecule has 0 rings (SSSR count). The lowest BCUT2D eigenvalue weighted by atomic mass is 10.1. The average molecular weight is 371 g/mol. The topological polar surface area (TPSA) is 0 Å². The van der Waals surface area contributed by atoms with Gasteiger partial charge in [0.25, 0.3) is 0 Å². The number of unbranched alkanes of at least 4 members (excludes halogenated alkanes) is 5. The molecule has 0 aliphatic carbocycles. The van der Waals surface area contributed by atoms with Gasteiger partial charge in [-0.25, -0.2) is 0 Å². The SMILES string of the molecule is CCCCC[N+](CCCC)(CCCC)CCCCBr.[Cl-]. The number of quaternary nitrogens is 1. The Morgan fingerprint density at radius 3 is 1.40 bits per heavy atom. The number of alkyl halides is 1. The fourth-order valence-corrected chi connectivity index (χ4v) is 3.29. The van der Waals surface area contributed by atoms with Gasteiger partial charge in [-0.05, 0) is 38.5 Å². The molecule has 0 fully saturated rings. The van der Waals surface area contributed by atoms with Gasteiger partial charge in [-0.1, -0.05) is 56.0 Å². The normalized spacial score (nSPS) is 11.4. The van der Waals surface area contributed by atoms with E-state index in [2.05, 4.69) is 36.7 Å². The second-order valence-electron chi connectivity index (χ2n) is 6.05. The molecule has 0 aromatic heterocycles. The predicted molar refractivity (Wildman–Crippen MR) is 92.1 cm³/mol. The van der Waals surface area contributed by atoms with Crippen LogP contribution in [0.25, 0.3) is 0 Å². The first kappa shape index (κ1) is 23.0. The van der Waals surface area contributed by atoms with E-state index in [4.69, 9.17) is 0 Å². The predicted octanol–water partition coefficient (Wildman–Crippen LogP) is 2.77. The monoisotopic (exact) mass is 369 g/mol. The molecule has 0 saturated heterocycles. The zero-order valence-electron chi connectivity index (χ0n) is 14.1. The minimum absolute atomic E-state index is 0. The van der Waals surface area contributed by atoms with Crippen LogP contribution in [0.15, 0.2) is 0 Å². The van der Waals surface area contributed by atoms with Crippen molar-refractivity contribution in [3.63, 3.8) is 0 Å². The standard InChI is InChI=1S/C17H37BrN.ClH/c1-4-7-11-16-19(14-8-5-2,15-9-6-3)17-12-10-13-18;/h4-17H2,1-3H3;1H/q+1;/p-1. The smallest absolute Gasteiger partial charge is 0.0786 e. The molecule has 0 heterocycles. The van der Waals surface area contributed by atoms with E-state index < -0.39 is 0 Å². The van der Waals surface area contributed by atoms with E-state index in [0.29, 0.717) is 0 Å². The van der Waals surface area contributed by atoms with E-state index in [-0.39, 0.29) is 12.4 Å². The highest BCUT2D eigenvalue weighted by Gasteiger charge is 2.25. The van der Waals surface area contributed by atoms with Gasteiger partial charge in [-0.15, -0.1) is 0 Å². The Morgan fingerprint density at radius 1 is 0.600 bits per heavy atom. The molecule has 0 atom stereocenters. The number of nitrogens with zero attached hydrogens (tertiary/aromatic N) is 1. The van der Waals surface area contributed by atoms with Gasteiger partial charge in [0.2, 0.25) is 0 Å². The van der Waals surface area contributed by atoms with Crippen LogP contribution in [0, 0.1) is 0 Å². The highest BCUT2D eigenvalue weighted by Crippen LogP contribution is 2.17. The third-order valence-corrected chi connectivity index (χ3v) is 4.78. The molecule has 124 valence electrons. The van der Waals surface area contributed by atoms with Crippen LogP contribution in [-0.2, 0) is 0 Å². The van der Waals surface area contributed by atoms with Crippen molar-refractivity contribution in [3.8, 4) is 0 Å². The molecular weight excluding hydrogens is 334 g/mol. The fraction of sp³-hybridized carbons (Fsp3) is 1.00. The van der Waals surface area contributed by atoms with Crippen molar-refractivity contribution in [1.29, 1.82) is 0 Å². The van der Waals surface area contributed by atoms with Gasteiger partial charge in [0, 0.05) is 5.33 Å². The van der Waals surface area contributed by atoms with Crippen molar-refractivity contribution >= 4 is 15.9 Å². The Hall–Kier alpha value is 0.730. The highest BCUT2D eigenvalue weighted by molar-refractivity contribution is 9.09. The minimum Gasteiger partial charge on any atom is -1.00 e. The maximum Gasteiger partial charge on any atom is 0.0786 e. The van der Waals surface area contributed by atoms with Gasteiger partial charge < -0.3 is 16.9 Å². The van der Waals surface area contributed by atoms with Gasteiger partial charge in [-0.2, -0.15) is 0 Å². The van der Waals surface area contributed by atoms with Crippen molar-refractivity contribution in [1.82, 2.24) is 0 Å². The van der Waals surface area contributed by atoms with Crippen LogP contribution in [0.3, 0.4) is 0 Å². The summed E-state index contributed by atoms with van der Waals surface area (Å²) in [5.41, 5.74) is 0. The van der Waals surface area contributed by atoms with Crippen LogP contribution >= 0.6 is 15.9 Å². The zero-order valence-corrected chi connectivity index (χ0v) is 16.4. The quantitative estimate of drug-likeness (QED) is 0.250. The maximum atomic E-state index is 3.58. The van der Waals surface area contributed by atoms with Crippen molar-refractivity contribution in [2.24, 2.45) is 0 Å². The molecule has 3 heteroatoms. The number of rotatable bonds is 14. The van der Waals surface area contributed by atoms with Crippen molar-refractivity contribution in [2.75, 3.05) is 31.5 Å². The minimum atomic E-state index is 0. The van der Waals surface area contributed by atoms with Crippen LogP contribution in [0.2, 0.25) is 0 Å². The molecule has 20 heavy (non-hydrogen) atoms. The molecule has 0 bridgehead atoms. The zero-order chi connectivity index (χ0) is 14.4. The fourth-order valence-electron chi connectivity index (χ4n) is 2.90. The summed E-state index contributed by atoms with van der Waals surface area (Å²) < 4.78 is 1.41. The summed E-state index contributed by atoms with van der Waals surface area (Å²) in [4.78, 5) is 0. The Kier molecular flexibility index (Phi) is 18.5. The Labute approximate surface area is 143 Å². The molecular formula is C17H37BrClN. The lowest BCUT2D eigenvalue weighted by Crippen LogP contribution is -3.00. The Morgan fingerprint density at radius 2 is 1.00 bits per heavy atom. The van der Waals surface area contributed by atoms with Crippen LogP contribution in [0.5, 0.6) is 0 Å². The maximum absolute atomic E-state index is 3.58. The van der Waals surface area contributed by atoms with E-state index in [1.807, 2.05) is 0 Å². The van der Waals surface area contributed by atoms with Crippen LogP contribution in [0.4, 0.5) is 0 Å². The van der Waals surface area contributed by atoms with Crippen molar-refractivity contribution in [2.45, 2.75) is 78.6 Å². The lowest BCUT2D eigenvalue weighted by Gasteiger charge is -2.39. The number of hydrogen-bond acceptors (Lipinski definition) is 0. The van der Waals surface area contributed by atoms with Crippen molar-refractivity contribution in [3.05, 3.63) is 0 Å². The van der Waals surface area contributed by atoms with E-state index in [0.717, 1.165) is 0 Å². The van der Waals surface area contributed by atoms with E-state index in [1.54, 1.807) is 0 Å². The van der Waals surface area contributed by atoms with Gasteiger partial charge in [0.1, 0.15) is 0 Å².